The number of rotatable bonds is 2. The zero-order chi connectivity index (χ0) is 11.9. The highest BCUT2D eigenvalue weighted by atomic mass is 79.9. The molecule has 0 aliphatic heterocycles. The second kappa shape index (κ2) is 4.14. The van der Waals surface area contributed by atoms with Crippen molar-refractivity contribution in [2.45, 2.75) is 26.5 Å². The second-order valence-corrected chi connectivity index (χ2v) is 4.82. The van der Waals surface area contributed by atoms with Gasteiger partial charge >= 0.3 is 0 Å². The number of hydrogen-bond acceptors (Lipinski definition) is 2. The standard InChI is InChI=1S/C11H12BrFN2O/c1-6(2)15-9-4-7(12)3-8(13)11(9)14-10(15)5-16/h3-4,6,16H,5H2,1-2H3. The first-order valence-electron chi connectivity index (χ1n) is 5.01. The summed E-state index contributed by atoms with van der Waals surface area (Å²) in [7, 11) is 0. The second-order valence-electron chi connectivity index (χ2n) is 3.91. The minimum Gasteiger partial charge on any atom is -0.388 e. The van der Waals surface area contributed by atoms with Crippen molar-refractivity contribution in [3.05, 3.63) is 28.2 Å². The van der Waals surface area contributed by atoms with Gasteiger partial charge in [-0.1, -0.05) is 15.9 Å². The van der Waals surface area contributed by atoms with Crippen LogP contribution >= 0.6 is 15.9 Å². The van der Waals surface area contributed by atoms with E-state index in [1.54, 1.807) is 0 Å². The summed E-state index contributed by atoms with van der Waals surface area (Å²) in [5.74, 6) is 0.112. The maximum absolute atomic E-state index is 13.7. The van der Waals surface area contributed by atoms with Crippen molar-refractivity contribution in [1.82, 2.24) is 9.55 Å². The summed E-state index contributed by atoms with van der Waals surface area (Å²) in [5.41, 5.74) is 1.01. The number of hydrogen-bond donors (Lipinski definition) is 1. The molecule has 1 heterocycles. The number of aliphatic hydroxyl groups is 1. The van der Waals surface area contributed by atoms with Crippen LogP contribution in [0, 0.1) is 5.82 Å². The average molecular weight is 287 g/mol. The predicted octanol–water partition coefficient (Wildman–Crippen LogP) is 3.01. The van der Waals surface area contributed by atoms with Crippen molar-refractivity contribution in [1.29, 1.82) is 0 Å². The summed E-state index contributed by atoms with van der Waals surface area (Å²) in [6.07, 6.45) is 0. The van der Waals surface area contributed by atoms with Crippen molar-refractivity contribution in [2.24, 2.45) is 0 Å². The largest absolute Gasteiger partial charge is 0.388 e. The number of aliphatic hydroxyl groups excluding tert-OH is 1. The molecule has 0 fully saturated rings. The van der Waals surface area contributed by atoms with Crippen LogP contribution in [0.25, 0.3) is 11.0 Å². The van der Waals surface area contributed by atoms with Gasteiger partial charge in [-0.25, -0.2) is 9.37 Å². The van der Waals surface area contributed by atoms with E-state index in [1.165, 1.54) is 6.07 Å². The van der Waals surface area contributed by atoms with Gasteiger partial charge in [-0.2, -0.15) is 0 Å². The zero-order valence-corrected chi connectivity index (χ0v) is 10.6. The molecule has 0 spiro atoms. The lowest BCUT2D eigenvalue weighted by molar-refractivity contribution is 0.263. The number of halogens is 2. The van der Waals surface area contributed by atoms with Crippen LogP contribution in [0.4, 0.5) is 4.39 Å². The number of benzene rings is 1. The number of imidazole rings is 1. The van der Waals surface area contributed by atoms with Crippen LogP contribution in [0.5, 0.6) is 0 Å². The van der Waals surface area contributed by atoms with E-state index in [2.05, 4.69) is 20.9 Å². The molecule has 0 radical (unpaired) electrons. The third-order valence-electron chi connectivity index (χ3n) is 2.44. The van der Waals surface area contributed by atoms with Gasteiger partial charge in [-0.05, 0) is 26.0 Å². The molecule has 0 unspecified atom stereocenters. The lowest BCUT2D eigenvalue weighted by Crippen LogP contribution is -2.05. The first-order valence-corrected chi connectivity index (χ1v) is 5.80. The van der Waals surface area contributed by atoms with Gasteiger partial charge in [-0.3, -0.25) is 0 Å². The molecule has 1 aromatic carbocycles. The molecule has 86 valence electrons. The minimum absolute atomic E-state index is 0.126. The molecule has 0 saturated heterocycles. The van der Waals surface area contributed by atoms with Gasteiger partial charge in [0.1, 0.15) is 17.9 Å². The number of fused-ring (bicyclic) bond motifs is 1. The molecular weight excluding hydrogens is 275 g/mol. The molecule has 1 N–H and O–H groups in total. The topological polar surface area (TPSA) is 38.0 Å². The normalized spacial score (nSPS) is 11.6. The summed E-state index contributed by atoms with van der Waals surface area (Å²) in [6, 6.07) is 3.31. The first-order chi connectivity index (χ1) is 7.54. The van der Waals surface area contributed by atoms with Crippen LogP contribution in [-0.4, -0.2) is 14.7 Å². The monoisotopic (exact) mass is 286 g/mol. The molecule has 0 aliphatic carbocycles. The van der Waals surface area contributed by atoms with E-state index in [0.29, 0.717) is 21.3 Å². The van der Waals surface area contributed by atoms with Gasteiger partial charge in [0.15, 0.2) is 5.82 Å². The van der Waals surface area contributed by atoms with E-state index >= 15 is 0 Å². The van der Waals surface area contributed by atoms with Crippen LogP contribution in [-0.2, 0) is 6.61 Å². The van der Waals surface area contributed by atoms with E-state index < -0.39 is 0 Å². The Morgan fingerprint density at radius 2 is 2.19 bits per heavy atom. The highest BCUT2D eigenvalue weighted by Crippen LogP contribution is 2.26. The fourth-order valence-electron chi connectivity index (χ4n) is 1.86. The third-order valence-corrected chi connectivity index (χ3v) is 2.90. The van der Waals surface area contributed by atoms with E-state index in [1.807, 2.05) is 24.5 Å². The van der Waals surface area contributed by atoms with Gasteiger partial charge in [0.2, 0.25) is 0 Å². The maximum atomic E-state index is 13.7. The Labute approximate surface area is 101 Å². The smallest absolute Gasteiger partial charge is 0.152 e. The van der Waals surface area contributed by atoms with Crippen molar-refractivity contribution in [3.63, 3.8) is 0 Å². The van der Waals surface area contributed by atoms with Gasteiger partial charge < -0.3 is 9.67 Å². The molecule has 0 aliphatic rings. The van der Waals surface area contributed by atoms with E-state index in [-0.39, 0.29) is 18.5 Å². The Morgan fingerprint density at radius 1 is 1.50 bits per heavy atom. The third kappa shape index (κ3) is 1.74. The quantitative estimate of drug-likeness (QED) is 0.922. The van der Waals surface area contributed by atoms with Crippen LogP contribution < -0.4 is 0 Å². The molecule has 1 aromatic heterocycles. The molecule has 0 atom stereocenters. The Bertz CT molecular complexity index is 536. The Balaban J connectivity index is 2.84. The lowest BCUT2D eigenvalue weighted by Gasteiger charge is -2.11. The minimum atomic E-state index is -0.376. The van der Waals surface area contributed by atoms with Crippen LogP contribution in [0.1, 0.15) is 25.7 Å². The number of aromatic nitrogens is 2. The van der Waals surface area contributed by atoms with Crippen molar-refractivity contribution < 1.29 is 9.50 Å². The average Bonchev–Trinajstić information content (AvgIpc) is 2.56. The predicted molar refractivity (Wildman–Crippen MR) is 63.7 cm³/mol. The van der Waals surface area contributed by atoms with Crippen molar-refractivity contribution >= 4 is 27.0 Å². The summed E-state index contributed by atoms with van der Waals surface area (Å²) in [6.45, 7) is 3.75. The molecule has 0 bridgehead atoms. The van der Waals surface area contributed by atoms with Crippen molar-refractivity contribution in [3.8, 4) is 0 Å². The molecule has 16 heavy (non-hydrogen) atoms. The van der Waals surface area contributed by atoms with Gasteiger partial charge in [0.05, 0.1) is 5.52 Å². The lowest BCUT2D eigenvalue weighted by atomic mass is 10.3. The van der Waals surface area contributed by atoms with Crippen LogP contribution in [0.3, 0.4) is 0 Å². The van der Waals surface area contributed by atoms with E-state index in [9.17, 15) is 9.50 Å². The molecular formula is C11H12BrFN2O. The highest BCUT2D eigenvalue weighted by Gasteiger charge is 2.15. The van der Waals surface area contributed by atoms with Gasteiger partial charge in [0, 0.05) is 10.5 Å². The van der Waals surface area contributed by atoms with Crippen molar-refractivity contribution in [2.75, 3.05) is 0 Å². The molecule has 0 amide bonds. The Morgan fingerprint density at radius 3 is 2.75 bits per heavy atom. The Hall–Kier alpha value is -0.940. The fourth-order valence-corrected chi connectivity index (χ4v) is 2.27. The SMILES string of the molecule is CC(C)n1c(CO)nc2c(F)cc(Br)cc21. The highest BCUT2D eigenvalue weighted by molar-refractivity contribution is 9.10. The zero-order valence-electron chi connectivity index (χ0n) is 9.04. The summed E-state index contributed by atoms with van der Waals surface area (Å²) >= 11 is 3.25. The summed E-state index contributed by atoms with van der Waals surface area (Å²) < 4.78 is 16.2. The molecule has 2 aromatic rings. The molecule has 5 heteroatoms. The van der Waals surface area contributed by atoms with E-state index in [4.69, 9.17) is 0 Å². The summed E-state index contributed by atoms with van der Waals surface area (Å²) in [5, 5.41) is 9.21. The fraction of sp³-hybridized carbons (Fsp3) is 0.364. The molecule has 0 saturated carbocycles. The first kappa shape index (κ1) is 11.5. The maximum Gasteiger partial charge on any atom is 0.152 e. The molecule has 3 nitrogen and oxygen atoms in total. The van der Waals surface area contributed by atoms with E-state index in [0.717, 1.165) is 0 Å². The summed E-state index contributed by atoms with van der Waals surface area (Å²) in [4.78, 5) is 4.11. The van der Waals surface area contributed by atoms with Gasteiger partial charge in [-0.15, -0.1) is 0 Å². The van der Waals surface area contributed by atoms with Crippen LogP contribution in [0.2, 0.25) is 0 Å². The Kier molecular flexibility index (Phi) is 2.99. The molecule has 2 rings (SSSR count). The number of nitrogens with zero attached hydrogens (tertiary/aromatic N) is 2. The van der Waals surface area contributed by atoms with Gasteiger partial charge in [0.25, 0.3) is 0 Å². The van der Waals surface area contributed by atoms with Crippen LogP contribution in [0.15, 0.2) is 16.6 Å².